The number of hydrogen-bond acceptors (Lipinski definition) is 4. The molecule has 0 amide bonds. The molecule has 3 aromatic carbocycles. The summed E-state index contributed by atoms with van der Waals surface area (Å²) in [6.45, 7) is 3.23. The lowest BCUT2D eigenvalue weighted by Gasteiger charge is -2.38. The highest BCUT2D eigenvalue weighted by Crippen LogP contribution is 2.46. The fourth-order valence-corrected chi connectivity index (χ4v) is 9.11. The third-order valence-electron chi connectivity index (χ3n) is 8.20. The fraction of sp³-hybridized carbons (Fsp3) is 0.400. The first-order valence-corrected chi connectivity index (χ1v) is 16.5. The Bertz CT molecular complexity index is 1330. The summed E-state index contributed by atoms with van der Waals surface area (Å²) < 4.78 is 40.6. The van der Waals surface area contributed by atoms with Gasteiger partial charge in [0.15, 0.2) is 4.90 Å². The van der Waals surface area contributed by atoms with Crippen LogP contribution in [0.4, 0.5) is 0 Å². The molecule has 0 N–H and O–H groups in total. The molecule has 0 aliphatic carbocycles. The molecule has 1 fully saturated rings. The lowest BCUT2D eigenvalue weighted by Crippen LogP contribution is -2.44. The Labute approximate surface area is 235 Å². The highest BCUT2D eigenvalue weighted by Gasteiger charge is 2.48. The van der Waals surface area contributed by atoms with Gasteiger partial charge in [0, 0.05) is 29.6 Å². The van der Waals surface area contributed by atoms with E-state index in [1.807, 2.05) is 66.7 Å². The molecule has 5 rings (SSSR count). The molecule has 2 aliphatic heterocycles. The summed E-state index contributed by atoms with van der Waals surface area (Å²) in [6, 6.07) is 25.3. The van der Waals surface area contributed by atoms with E-state index in [-0.39, 0.29) is 17.1 Å². The van der Waals surface area contributed by atoms with Gasteiger partial charge in [-0.15, -0.1) is 0 Å². The van der Waals surface area contributed by atoms with Crippen LogP contribution in [0.3, 0.4) is 0 Å². The number of likely N-dealkylation sites (N-methyl/N-ethyl adjacent to an activating group) is 1. The summed E-state index contributed by atoms with van der Waals surface area (Å²) in [6.07, 6.45) is 2.86. The minimum Gasteiger partial charge on any atom is -0.611 e. The van der Waals surface area contributed by atoms with E-state index in [2.05, 4.69) is 17.0 Å². The van der Waals surface area contributed by atoms with Gasteiger partial charge in [0.05, 0.1) is 5.75 Å². The van der Waals surface area contributed by atoms with Crippen LogP contribution in [0, 0.1) is 0 Å². The number of halogens is 1. The average molecular weight is 571 g/mol. The van der Waals surface area contributed by atoms with E-state index < -0.39 is 21.2 Å². The van der Waals surface area contributed by atoms with Crippen molar-refractivity contribution < 1.29 is 13.0 Å². The number of likely N-dealkylation sites (tertiary alicyclic amines) is 1. The van der Waals surface area contributed by atoms with Gasteiger partial charge in [0.1, 0.15) is 5.75 Å². The van der Waals surface area contributed by atoms with Gasteiger partial charge in [-0.1, -0.05) is 72.3 Å². The van der Waals surface area contributed by atoms with Crippen molar-refractivity contribution in [2.24, 2.45) is 0 Å². The van der Waals surface area contributed by atoms with Gasteiger partial charge in [0.25, 0.3) is 0 Å². The molecule has 1 saturated heterocycles. The summed E-state index contributed by atoms with van der Waals surface area (Å²) in [5.74, 6) is 0.783. The SMILES string of the molecule is CN(C[C@@H](CCN1CCC2(CC1)C[S+]([O-])c1ccccc12)c1ccc(Cl)cc1)S(=O)(=O)Cc1ccccc1. The summed E-state index contributed by atoms with van der Waals surface area (Å²) >= 11 is 5.25. The molecule has 5 nitrogen and oxygen atoms in total. The van der Waals surface area contributed by atoms with Crippen molar-refractivity contribution in [1.82, 2.24) is 9.21 Å². The van der Waals surface area contributed by atoms with Crippen molar-refractivity contribution in [1.29, 1.82) is 0 Å². The van der Waals surface area contributed by atoms with Crippen molar-refractivity contribution >= 4 is 32.8 Å². The van der Waals surface area contributed by atoms with E-state index >= 15 is 0 Å². The molecular formula is C30H35ClN2O3S2. The van der Waals surface area contributed by atoms with Gasteiger partial charge in [-0.2, -0.15) is 0 Å². The van der Waals surface area contributed by atoms with E-state index in [9.17, 15) is 13.0 Å². The summed E-state index contributed by atoms with van der Waals surface area (Å²) in [7, 11) is -1.77. The molecule has 3 aromatic rings. The van der Waals surface area contributed by atoms with Crippen molar-refractivity contribution in [3.63, 3.8) is 0 Å². The molecule has 2 aliphatic rings. The maximum atomic E-state index is 13.2. The van der Waals surface area contributed by atoms with Gasteiger partial charge in [0.2, 0.25) is 10.0 Å². The summed E-state index contributed by atoms with van der Waals surface area (Å²) in [5, 5.41) is 0.674. The zero-order valence-corrected chi connectivity index (χ0v) is 24.1. The first-order chi connectivity index (χ1) is 18.3. The smallest absolute Gasteiger partial charge is 0.218 e. The second-order valence-electron chi connectivity index (χ2n) is 10.7. The Hall–Kier alpha value is -1.87. The van der Waals surface area contributed by atoms with Crippen LogP contribution < -0.4 is 0 Å². The normalized spacial score (nSPS) is 20.1. The van der Waals surface area contributed by atoms with E-state index in [1.54, 1.807) is 7.05 Å². The van der Waals surface area contributed by atoms with Crippen LogP contribution in [0.2, 0.25) is 5.02 Å². The zero-order chi connectivity index (χ0) is 26.8. The minimum absolute atomic E-state index is 0.00523. The van der Waals surface area contributed by atoms with E-state index in [0.29, 0.717) is 11.6 Å². The fourth-order valence-electron chi connectivity index (χ4n) is 5.88. The Kier molecular flexibility index (Phi) is 8.53. The Morgan fingerprint density at radius 2 is 1.66 bits per heavy atom. The monoisotopic (exact) mass is 570 g/mol. The molecule has 8 heteroatoms. The van der Waals surface area contributed by atoms with Gasteiger partial charge in [-0.05, 0) is 85.3 Å². The molecule has 0 bridgehead atoms. The second kappa shape index (κ2) is 11.7. The van der Waals surface area contributed by atoms with Crippen LogP contribution in [0.15, 0.2) is 83.8 Å². The topological polar surface area (TPSA) is 63.7 Å². The van der Waals surface area contributed by atoms with Crippen LogP contribution in [-0.2, 0) is 32.4 Å². The lowest BCUT2D eigenvalue weighted by molar-refractivity contribution is 0.165. The van der Waals surface area contributed by atoms with Gasteiger partial charge in [-0.3, -0.25) is 0 Å². The molecule has 1 spiro atoms. The molecule has 1 unspecified atom stereocenters. The second-order valence-corrected chi connectivity index (χ2v) is 14.6. The van der Waals surface area contributed by atoms with Crippen LogP contribution in [0.5, 0.6) is 0 Å². The van der Waals surface area contributed by atoms with Gasteiger partial charge in [-0.25, -0.2) is 12.7 Å². The number of fused-ring (bicyclic) bond motifs is 2. The molecule has 2 atom stereocenters. The van der Waals surface area contributed by atoms with E-state index in [1.165, 1.54) is 9.87 Å². The molecule has 2 heterocycles. The molecule has 202 valence electrons. The van der Waals surface area contributed by atoms with E-state index in [4.69, 9.17) is 11.6 Å². The van der Waals surface area contributed by atoms with Gasteiger partial charge >= 0.3 is 0 Å². The standard InChI is InChI=1S/C30H35ClN2O3S2/c1-32(38(35,36)22-24-7-3-2-4-8-24)21-26(25-11-13-27(31)14-12-25)15-18-33-19-16-30(17-20-33)23-37(34)29-10-6-5-9-28(29)30/h2-14,26H,15-23H2,1H3/t26-,37?/m1/s1. The first kappa shape index (κ1) is 27.7. The number of piperidine rings is 1. The highest BCUT2D eigenvalue weighted by molar-refractivity contribution is 7.91. The van der Waals surface area contributed by atoms with Crippen LogP contribution in [0.25, 0.3) is 0 Å². The van der Waals surface area contributed by atoms with Crippen molar-refractivity contribution in [3.05, 3.63) is 101 Å². The molecule has 0 aromatic heterocycles. The number of hydrogen-bond donors (Lipinski definition) is 0. The summed E-state index contributed by atoms with van der Waals surface area (Å²) in [5.41, 5.74) is 3.20. The Morgan fingerprint density at radius 3 is 2.37 bits per heavy atom. The molecular weight excluding hydrogens is 536 g/mol. The predicted octanol–water partition coefficient (Wildman–Crippen LogP) is 5.43. The Morgan fingerprint density at radius 1 is 1.00 bits per heavy atom. The number of sulfonamides is 1. The predicted molar refractivity (Wildman–Crippen MR) is 156 cm³/mol. The highest BCUT2D eigenvalue weighted by atomic mass is 35.5. The van der Waals surface area contributed by atoms with Crippen LogP contribution in [-0.4, -0.2) is 61.2 Å². The number of rotatable bonds is 9. The largest absolute Gasteiger partial charge is 0.611 e. The van der Waals surface area contributed by atoms with Crippen molar-refractivity contribution in [3.8, 4) is 0 Å². The zero-order valence-electron chi connectivity index (χ0n) is 21.8. The third kappa shape index (κ3) is 6.14. The molecule has 0 saturated carbocycles. The number of benzene rings is 3. The maximum Gasteiger partial charge on any atom is 0.218 e. The Balaban J connectivity index is 1.24. The lowest BCUT2D eigenvalue weighted by atomic mass is 9.74. The number of nitrogens with zero attached hydrogens (tertiary/aromatic N) is 2. The molecule has 38 heavy (non-hydrogen) atoms. The maximum absolute atomic E-state index is 13.2. The summed E-state index contributed by atoms with van der Waals surface area (Å²) in [4.78, 5) is 3.50. The van der Waals surface area contributed by atoms with E-state index in [0.717, 1.165) is 60.7 Å². The average Bonchev–Trinajstić information content (AvgIpc) is 3.19. The van der Waals surface area contributed by atoms with Gasteiger partial charge < -0.3 is 9.45 Å². The van der Waals surface area contributed by atoms with Crippen molar-refractivity contribution in [2.75, 3.05) is 39.0 Å². The van der Waals surface area contributed by atoms with Crippen molar-refractivity contribution in [2.45, 2.75) is 41.2 Å². The quantitative estimate of drug-likeness (QED) is 0.322. The first-order valence-electron chi connectivity index (χ1n) is 13.2. The minimum atomic E-state index is -3.45. The molecule has 0 radical (unpaired) electrons. The third-order valence-corrected chi connectivity index (χ3v) is 11.9. The van der Waals surface area contributed by atoms with Crippen LogP contribution in [0.1, 0.15) is 41.9 Å². The van der Waals surface area contributed by atoms with Crippen LogP contribution >= 0.6 is 11.6 Å².